The van der Waals surface area contributed by atoms with Crippen molar-refractivity contribution in [1.82, 2.24) is 4.90 Å². The molecule has 1 aromatic heterocycles. The van der Waals surface area contributed by atoms with Gasteiger partial charge in [0, 0.05) is 44.7 Å². The SMILES string of the molecule is CN1CCN(c2ccc(C3=NOC(CCC(=O)c4ccc(Cl)s4)C3)cc2)CC1. The van der Waals surface area contributed by atoms with Gasteiger partial charge in [-0.05, 0) is 43.3 Å². The minimum Gasteiger partial charge on any atom is -0.392 e. The van der Waals surface area contributed by atoms with Crippen LogP contribution < -0.4 is 4.90 Å². The zero-order chi connectivity index (χ0) is 19.5. The fraction of sp³-hybridized carbons (Fsp3) is 0.429. The van der Waals surface area contributed by atoms with Crippen molar-refractivity contribution in [3.8, 4) is 0 Å². The number of nitrogens with zero attached hydrogens (tertiary/aromatic N) is 3. The first kappa shape index (κ1) is 19.4. The average Bonchev–Trinajstić information content (AvgIpc) is 3.36. The molecule has 1 saturated heterocycles. The molecule has 0 amide bonds. The lowest BCUT2D eigenvalue weighted by Crippen LogP contribution is -2.44. The largest absolute Gasteiger partial charge is 0.392 e. The van der Waals surface area contributed by atoms with Crippen molar-refractivity contribution in [3.05, 3.63) is 51.2 Å². The van der Waals surface area contributed by atoms with E-state index in [0.717, 1.165) is 43.9 Å². The third kappa shape index (κ3) is 4.57. The fourth-order valence-corrected chi connectivity index (χ4v) is 4.57. The van der Waals surface area contributed by atoms with Gasteiger partial charge in [0.15, 0.2) is 5.78 Å². The Balaban J connectivity index is 1.28. The Hall–Kier alpha value is -1.89. The van der Waals surface area contributed by atoms with Gasteiger partial charge in [-0.2, -0.15) is 0 Å². The molecule has 0 aliphatic carbocycles. The summed E-state index contributed by atoms with van der Waals surface area (Å²) in [6, 6.07) is 12.1. The molecule has 3 heterocycles. The number of likely N-dealkylation sites (N-methyl/N-ethyl adjacent to an activating group) is 1. The Morgan fingerprint density at radius 2 is 1.93 bits per heavy atom. The Kier molecular flexibility index (Phi) is 5.99. The average molecular weight is 418 g/mol. The second-order valence-electron chi connectivity index (χ2n) is 7.37. The molecule has 1 aromatic carbocycles. The number of thiophene rings is 1. The summed E-state index contributed by atoms with van der Waals surface area (Å²) in [7, 11) is 2.16. The number of hydrogen-bond acceptors (Lipinski definition) is 6. The normalized spacial score (nSPS) is 20.1. The number of Topliss-reactive ketones (excluding diaryl/α,β-unsaturated/α-hetero) is 1. The van der Waals surface area contributed by atoms with Gasteiger partial charge >= 0.3 is 0 Å². The highest BCUT2D eigenvalue weighted by Gasteiger charge is 2.24. The molecule has 1 atom stereocenters. The van der Waals surface area contributed by atoms with Crippen LogP contribution in [0.5, 0.6) is 0 Å². The van der Waals surface area contributed by atoms with Gasteiger partial charge in [-0.3, -0.25) is 4.79 Å². The van der Waals surface area contributed by atoms with Crippen LogP contribution in [0.3, 0.4) is 0 Å². The summed E-state index contributed by atoms with van der Waals surface area (Å²) in [6.45, 7) is 4.32. The highest BCUT2D eigenvalue weighted by molar-refractivity contribution is 7.18. The number of ketones is 1. The van der Waals surface area contributed by atoms with E-state index in [9.17, 15) is 4.79 Å². The summed E-state index contributed by atoms with van der Waals surface area (Å²) < 4.78 is 0.645. The molecule has 5 nitrogen and oxygen atoms in total. The predicted octanol–water partition coefficient (Wildman–Crippen LogP) is 4.31. The number of hydrogen-bond donors (Lipinski definition) is 0. The molecule has 0 N–H and O–H groups in total. The lowest BCUT2D eigenvalue weighted by Gasteiger charge is -2.34. The predicted molar refractivity (Wildman–Crippen MR) is 115 cm³/mol. The molecule has 4 rings (SSSR count). The fourth-order valence-electron chi connectivity index (χ4n) is 3.56. The van der Waals surface area contributed by atoms with Crippen molar-refractivity contribution >= 4 is 40.1 Å². The molecule has 2 aromatic rings. The molecule has 0 bridgehead atoms. The molecule has 1 unspecified atom stereocenters. The second kappa shape index (κ2) is 8.64. The Morgan fingerprint density at radius 1 is 1.18 bits per heavy atom. The molecule has 148 valence electrons. The van der Waals surface area contributed by atoms with Crippen LogP contribution in [-0.4, -0.2) is 55.7 Å². The van der Waals surface area contributed by atoms with E-state index in [2.05, 4.69) is 46.3 Å². The van der Waals surface area contributed by atoms with E-state index in [-0.39, 0.29) is 11.9 Å². The Morgan fingerprint density at radius 3 is 2.61 bits per heavy atom. The number of halogens is 1. The maximum atomic E-state index is 12.2. The van der Waals surface area contributed by atoms with Crippen LogP contribution >= 0.6 is 22.9 Å². The van der Waals surface area contributed by atoms with Crippen LogP contribution in [0.25, 0.3) is 0 Å². The lowest BCUT2D eigenvalue weighted by molar-refractivity contribution is 0.0720. The van der Waals surface area contributed by atoms with E-state index in [1.807, 2.05) is 0 Å². The summed E-state index contributed by atoms with van der Waals surface area (Å²) in [4.78, 5) is 23.3. The summed E-state index contributed by atoms with van der Waals surface area (Å²) in [5.41, 5.74) is 3.31. The van der Waals surface area contributed by atoms with E-state index >= 15 is 0 Å². The Labute approximate surface area is 174 Å². The van der Waals surface area contributed by atoms with Gasteiger partial charge < -0.3 is 14.6 Å². The van der Waals surface area contributed by atoms with Crippen LogP contribution in [-0.2, 0) is 4.84 Å². The van der Waals surface area contributed by atoms with Gasteiger partial charge in [0.1, 0.15) is 6.10 Å². The van der Waals surface area contributed by atoms with E-state index < -0.39 is 0 Å². The number of benzene rings is 1. The van der Waals surface area contributed by atoms with Crippen LogP contribution in [0.2, 0.25) is 4.34 Å². The molecular formula is C21H24ClN3O2S. The van der Waals surface area contributed by atoms with Gasteiger partial charge in [0.25, 0.3) is 0 Å². The van der Waals surface area contributed by atoms with Gasteiger partial charge in [-0.1, -0.05) is 28.9 Å². The van der Waals surface area contributed by atoms with Crippen LogP contribution in [0, 0.1) is 0 Å². The minimum absolute atomic E-state index is 0.0355. The van der Waals surface area contributed by atoms with E-state index in [0.29, 0.717) is 22.1 Å². The maximum Gasteiger partial charge on any atom is 0.172 e. The van der Waals surface area contributed by atoms with Crippen molar-refractivity contribution in [1.29, 1.82) is 0 Å². The van der Waals surface area contributed by atoms with Crippen molar-refractivity contribution in [2.75, 3.05) is 38.1 Å². The van der Waals surface area contributed by atoms with Crippen molar-refractivity contribution in [3.63, 3.8) is 0 Å². The quantitative estimate of drug-likeness (QED) is 0.657. The molecule has 28 heavy (non-hydrogen) atoms. The number of carbonyl (C=O) groups is 1. The summed E-state index contributed by atoms with van der Waals surface area (Å²) in [6.07, 6.45) is 1.83. The molecule has 2 aliphatic heterocycles. The molecule has 2 aliphatic rings. The molecule has 0 spiro atoms. The van der Waals surface area contributed by atoms with Crippen LogP contribution in [0.4, 0.5) is 5.69 Å². The minimum atomic E-state index is -0.0355. The van der Waals surface area contributed by atoms with Gasteiger partial charge in [0.2, 0.25) is 0 Å². The number of oxime groups is 1. The first-order chi connectivity index (χ1) is 13.6. The standard InChI is InChI=1S/C21H24ClN3O2S/c1-24-10-12-25(13-11-24)16-4-2-15(3-5-16)18-14-17(27-23-18)6-7-19(26)20-8-9-21(22)28-20/h2-5,8-9,17H,6-7,10-14H2,1H3. The van der Waals surface area contributed by atoms with E-state index in [1.165, 1.54) is 17.0 Å². The summed E-state index contributed by atoms with van der Waals surface area (Å²) in [5, 5.41) is 4.26. The maximum absolute atomic E-state index is 12.2. The summed E-state index contributed by atoms with van der Waals surface area (Å²) >= 11 is 7.23. The third-order valence-electron chi connectivity index (χ3n) is 5.34. The van der Waals surface area contributed by atoms with E-state index in [1.54, 1.807) is 12.1 Å². The molecule has 0 saturated carbocycles. The third-order valence-corrected chi connectivity index (χ3v) is 6.62. The number of carbonyl (C=O) groups excluding carboxylic acids is 1. The van der Waals surface area contributed by atoms with Crippen molar-refractivity contribution < 1.29 is 9.63 Å². The highest BCUT2D eigenvalue weighted by Crippen LogP contribution is 2.26. The topological polar surface area (TPSA) is 45.1 Å². The number of anilines is 1. The highest BCUT2D eigenvalue weighted by atomic mass is 35.5. The number of rotatable bonds is 6. The lowest BCUT2D eigenvalue weighted by atomic mass is 10.0. The monoisotopic (exact) mass is 417 g/mol. The first-order valence-electron chi connectivity index (χ1n) is 9.63. The van der Waals surface area contributed by atoms with E-state index in [4.69, 9.17) is 16.4 Å². The molecule has 1 fully saturated rings. The van der Waals surface area contributed by atoms with Crippen LogP contribution in [0.15, 0.2) is 41.6 Å². The van der Waals surface area contributed by atoms with Crippen LogP contribution in [0.1, 0.15) is 34.5 Å². The first-order valence-corrected chi connectivity index (χ1v) is 10.8. The smallest absolute Gasteiger partial charge is 0.172 e. The zero-order valence-corrected chi connectivity index (χ0v) is 17.5. The van der Waals surface area contributed by atoms with Gasteiger partial charge in [-0.15, -0.1) is 11.3 Å². The van der Waals surface area contributed by atoms with Crippen molar-refractivity contribution in [2.45, 2.75) is 25.4 Å². The Bertz CT molecular complexity index is 857. The van der Waals surface area contributed by atoms with Gasteiger partial charge in [0.05, 0.1) is 14.9 Å². The van der Waals surface area contributed by atoms with Gasteiger partial charge in [-0.25, -0.2) is 0 Å². The molecule has 7 heteroatoms. The molecular weight excluding hydrogens is 394 g/mol. The number of piperazine rings is 1. The van der Waals surface area contributed by atoms with Crippen molar-refractivity contribution in [2.24, 2.45) is 5.16 Å². The second-order valence-corrected chi connectivity index (χ2v) is 9.09. The zero-order valence-electron chi connectivity index (χ0n) is 15.9. The summed E-state index contributed by atoms with van der Waals surface area (Å²) in [5.74, 6) is 0.116. The molecule has 0 radical (unpaired) electrons.